The Kier molecular flexibility index (Phi) is 8.23. The molecule has 0 heterocycles. The van der Waals surface area contributed by atoms with E-state index in [4.69, 9.17) is 0 Å². The van der Waals surface area contributed by atoms with E-state index in [1.165, 1.54) is 0 Å². The predicted octanol–water partition coefficient (Wildman–Crippen LogP) is 5.16. The van der Waals surface area contributed by atoms with Gasteiger partial charge in [-0.15, -0.1) is 0 Å². The van der Waals surface area contributed by atoms with Gasteiger partial charge in [-0.25, -0.2) is 13.1 Å². The summed E-state index contributed by atoms with van der Waals surface area (Å²) >= 11 is 3.46. The average molecular weight is 515 g/mol. The van der Waals surface area contributed by atoms with Crippen molar-refractivity contribution in [3.8, 4) is 0 Å². The number of aryl methyl sites for hydroxylation is 3. The Morgan fingerprint density at radius 1 is 0.875 bits per heavy atom. The fourth-order valence-electron chi connectivity index (χ4n) is 3.46. The molecule has 168 valence electrons. The average Bonchev–Trinajstić information content (AvgIpc) is 2.76. The van der Waals surface area contributed by atoms with E-state index in [9.17, 15) is 13.2 Å². The molecule has 7 heteroatoms. The van der Waals surface area contributed by atoms with Crippen LogP contribution in [0, 0.1) is 13.8 Å². The number of carbonyl (C=O) groups excluding carboxylic acids is 1. The van der Waals surface area contributed by atoms with Crippen LogP contribution >= 0.6 is 15.9 Å². The Hall–Kier alpha value is -2.48. The molecule has 32 heavy (non-hydrogen) atoms. The molecule has 0 aromatic heterocycles. The monoisotopic (exact) mass is 514 g/mol. The SMILES string of the molecule is Cc1cc(Br)cc(C)c1NC(=O)CCc1ccc(S(=O)(=O)NCCc2ccccc2)cc1. The third-order valence-corrected chi connectivity index (χ3v) is 7.12. The maximum atomic E-state index is 12.5. The van der Waals surface area contributed by atoms with E-state index in [0.29, 0.717) is 25.8 Å². The first-order valence-corrected chi connectivity index (χ1v) is 12.7. The van der Waals surface area contributed by atoms with Gasteiger partial charge >= 0.3 is 0 Å². The summed E-state index contributed by atoms with van der Waals surface area (Å²) in [4.78, 5) is 12.6. The molecule has 3 aromatic carbocycles. The highest BCUT2D eigenvalue weighted by Gasteiger charge is 2.14. The fraction of sp³-hybridized carbons (Fsp3) is 0.240. The van der Waals surface area contributed by atoms with Gasteiger partial charge < -0.3 is 5.32 Å². The van der Waals surface area contributed by atoms with Crippen molar-refractivity contribution in [3.05, 3.63) is 93.5 Å². The number of anilines is 1. The summed E-state index contributed by atoms with van der Waals surface area (Å²) in [5.41, 5.74) is 4.82. The van der Waals surface area contributed by atoms with Crippen molar-refractivity contribution in [2.75, 3.05) is 11.9 Å². The molecule has 0 atom stereocenters. The topological polar surface area (TPSA) is 75.3 Å². The molecule has 0 aliphatic carbocycles. The van der Waals surface area contributed by atoms with E-state index in [1.54, 1.807) is 24.3 Å². The molecule has 2 N–H and O–H groups in total. The molecular formula is C25H27BrN2O3S. The van der Waals surface area contributed by atoms with Crippen LogP contribution in [-0.2, 0) is 27.7 Å². The lowest BCUT2D eigenvalue weighted by molar-refractivity contribution is -0.116. The van der Waals surface area contributed by atoms with Crippen molar-refractivity contribution >= 4 is 37.5 Å². The Morgan fingerprint density at radius 2 is 1.47 bits per heavy atom. The minimum absolute atomic E-state index is 0.0715. The van der Waals surface area contributed by atoms with Gasteiger partial charge in [-0.1, -0.05) is 58.4 Å². The molecule has 0 radical (unpaired) electrons. The summed E-state index contributed by atoms with van der Waals surface area (Å²) in [6, 6.07) is 20.4. The number of hydrogen-bond acceptors (Lipinski definition) is 3. The van der Waals surface area contributed by atoms with Gasteiger partial charge in [0.2, 0.25) is 15.9 Å². The van der Waals surface area contributed by atoms with Crippen molar-refractivity contribution in [1.29, 1.82) is 0 Å². The molecule has 3 aromatic rings. The van der Waals surface area contributed by atoms with Gasteiger partial charge in [0.15, 0.2) is 0 Å². The van der Waals surface area contributed by atoms with Crippen molar-refractivity contribution in [2.24, 2.45) is 0 Å². The number of hydrogen-bond donors (Lipinski definition) is 2. The Bertz CT molecular complexity index is 1150. The standard InChI is InChI=1S/C25H27BrN2O3S/c1-18-16-22(26)17-19(2)25(18)28-24(29)13-10-21-8-11-23(12-9-21)32(30,31)27-15-14-20-6-4-3-5-7-20/h3-9,11-12,16-17,27H,10,13-15H2,1-2H3,(H,28,29). The maximum Gasteiger partial charge on any atom is 0.240 e. The van der Waals surface area contributed by atoms with Crippen LogP contribution in [0.5, 0.6) is 0 Å². The molecule has 0 spiro atoms. The summed E-state index contributed by atoms with van der Waals surface area (Å²) in [6.45, 7) is 4.25. The smallest absolute Gasteiger partial charge is 0.240 e. The molecule has 0 bridgehead atoms. The Balaban J connectivity index is 1.52. The van der Waals surface area contributed by atoms with E-state index < -0.39 is 10.0 Å². The molecule has 0 fully saturated rings. The highest BCUT2D eigenvalue weighted by atomic mass is 79.9. The van der Waals surface area contributed by atoms with Crippen LogP contribution in [0.2, 0.25) is 0 Å². The predicted molar refractivity (Wildman–Crippen MR) is 132 cm³/mol. The largest absolute Gasteiger partial charge is 0.326 e. The second-order valence-electron chi connectivity index (χ2n) is 7.74. The third kappa shape index (κ3) is 6.76. The van der Waals surface area contributed by atoms with Crippen LogP contribution in [0.1, 0.15) is 28.7 Å². The highest BCUT2D eigenvalue weighted by molar-refractivity contribution is 9.10. The molecule has 0 unspecified atom stereocenters. The Labute approximate surface area is 198 Å². The van der Waals surface area contributed by atoms with Crippen molar-refractivity contribution < 1.29 is 13.2 Å². The number of halogens is 1. The normalized spacial score (nSPS) is 11.3. The zero-order valence-corrected chi connectivity index (χ0v) is 20.6. The third-order valence-electron chi connectivity index (χ3n) is 5.18. The number of benzene rings is 3. The molecule has 1 amide bonds. The van der Waals surface area contributed by atoms with Gasteiger partial charge in [0.05, 0.1) is 4.90 Å². The number of amides is 1. The van der Waals surface area contributed by atoms with E-state index in [0.717, 1.165) is 32.4 Å². The molecule has 0 aliphatic heterocycles. The van der Waals surface area contributed by atoms with E-state index in [1.807, 2.05) is 56.3 Å². The quantitative estimate of drug-likeness (QED) is 0.414. The van der Waals surface area contributed by atoms with E-state index in [-0.39, 0.29) is 10.8 Å². The minimum atomic E-state index is -3.57. The van der Waals surface area contributed by atoms with Crippen LogP contribution in [0.15, 0.2) is 76.1 Å². The summed E-state index contributed by atoms with van der Waals surface area (Å²) in [5.74, 6) is -0.0715. The lowest BCUT2D eigenvalue weighted by Gasteiger charge is -2.12. The summed E-state index contributed by atoms with van der Waals surface area (Å²) in [6.07, 6.45) is 1.48. The lowest BCUT2D eigenvalue weighted by Crippen LogP contribution is -2.26. The summed E-state index contributed by atoms with van der Waals surface area (Å²) in [7, 11) is -3.57. The first-order chi connectivity index (χ1) is 15.2. The van der Waals surface area contributed by atoms with Crippen molar-refractivity contribution in [2.45, 2.75) is 38.0 Å². The first-order valence-electron chi connectivity index (χ1n) is 10.4. The van der Waals surface area contributed by atoms with Gasteiger partial charge in [-0.3, -0.25) is 4.79 Å². The van der Waals surface area contributed by atoms with Crippen LogP contribution in [0.4, 0.5) is 5.69 Å². The second-order valence-corrected chi connectivity index (χ2v) is 10.4. The fourth-order valence-corrected chi connectivity index (χ4v) is 5.18. The van der Waals surface area contributed by atoms with Crippen LogP contribution < -0.4 is 10.0 Å². The molecular weight excluding hydrogens is 488 g/mol. The van der Waals surface area contributed by atoms with Crippen LogP contribution in [0.25, 0.3) is 0 Å². The number of rotatable bonds is 9. The zero-order chi connectivity index (χ0) is 23.1. The van der Waals surface area contributed by atoms with Gasteiger partial charge in [-0.2, -0.15) is 0 Å². The summed E-state index contributed by atoms with van der Waals surface area (Å²) in [5, 5.41) is 2.98. The van der Waals surface area contributed by atoms with Crippen molar-refractivity contribution in [3.63, 3.8) is 0 Å². The van der Waals surface area contributed by atoms with Crippen LogP contribution in [0.3, 0.4) is 0 Å². The molecule has 0 aliphatic rings. The number of carbonyl (C=O) groups is 1. The van der Waals surface area contributed by atoms with Gasteiger partial charge in [0, 0.05) is 23.1 Å². The zero-order valence-electron chi connectivity index (χ0n) is 18.2. The molecule has 3 rings (SSSR count). The van der Waals surface area contributed by atoms with Gasteiger partial charge in [0.25, 0.3) is 0 Å². The number of nitrogens with one attached hydrogen (secondary N) is 2. The van der Waals surface area contributed by atoms with Gasteiger partial charge in [-0.05, 0) is 73.2 Å². The summed E-state index contributed by atoms with van der Waals surface area (Å²) < 4.78 is 28.6. The first kappa shape index (κ1) is 24.2. The molecule has 5 nitrogen and oxygen atoms in total. The highest BCUT2D eigenvalue weighted by Crippen LogP contribution is 2.25. The second kappa shape index (κ2) is 10.9. The van der Waals surface area contributed by atoms with E-state index >= 15 is 0 Å². The molecule has 0 saturated heterocycles. The maximum absolute atomic E-state index is 12.5. The van der Waals surface area contributed by atoms with Gasteiger partial charge in [0.1, 0.15) is 0 Å². The van der Waals surface area contributed by atoms with Crippen LogP contribution in [-0.4, -0.2) is 20.9 Å². The molecule has 0 saturated carbocycles. The Morgan fingerprint density at radius 3 is 2.09 bits per heavy atom. The minimum Gasteiger partial charge on any atom is -0.326 e. The van der Waals surface area contributed by atoms with E-state index in [2.05, 4.69) is 26.0 Å². The number of sulfonamides is 1. The van der Waals surface area contributed by atoms with Crippen molar-refractivity contribution in [1.82, 2.24) is 4.72 Å². The lowest BCUT2D eigenvalue weighted by atomic mass is 10.1.